The molecule has 1 saturated carbocycles. The van der Waals surface area contributed by atoms with E-state index in [2.05, 4.69) is 63.3 Å². The van der Waals surface area contributed by atoms with Crippen molar-refractivity contribution in [3.05, 3.63) is 28.2 Å². The minimum Gasteiger partial charge on any atom is -0.373 e. The molecule has 0 aromatic heterocycles. The molecule has 1 aliphatic heterocycles. The predicted octanol–water partition coefficient (Wildman–Crippen LogP) is 3.23. The van der Waals surface area contributed by atoms with Crippen LogP contribution < -0.4 is 10.2 Å². The maximum absolute atomic E-state index is 3.73. The van der Waals surface area contributed by atoms with Gasteiger partial charge in [-0.3, -0.25) is 0 Å². The second-order valence-corrected chi connectivity index (χ2v) is 7.44. The van der Waals surface area contributed by atoms with Crippen molar-refractivity contribution in [1.29, 1.82) is 0 Å². The summed E-state index contributed by atoms with van der Waals surface area (Å²) in [6.45, 7) is 3.33. The molecule has 1 atom stereocenters. The molecule has 1 aromatic carbocycles. The molecule has 1 unspecified atom stereocenters. The molecule has 1 aliphatic carbocycles. The van der Waals surface area contributed by atoms with Crippen molar-refractivity contribution in [2.24, 2.45) is 0 Å². The number of nitrogens with one attached hydrogen (secondary N) is 1. The van der Waals surface area contributed by atoms with Crippen LogP contribution in [0.1, 0.15) is 31.2 Å². The van der Waals surface area contributed by atoms with Gasteiger partial charge in [0.1, 0.15) is 0 Å². The Morgan fingerprint density at radius 1 is 1.33 bits per heavy atom. The van der Waals surface area contributed by atoms with E-state index in [1.807, 2.05) is 0 Å². The molecule has 0 bridgehead atoms. The maximum Gasteiger partial charge on any atom is 0.0375 e. The van der Waals surface area contributed by atoms with Crippen molar-refractivity contribution >= 4 is 21.6 Å². The number of benzene rings is 1. The number of likely N-dealkylation sites (tertiary alicyclic amines) is 1. The fraction of sp³-hybridized carbons (Fsp3) is 0.647. The molecule has 3 nitrogen and oxygen atoms in total. The molecule has 21 heavy (non-hydrogen) atoms. The molecular formula is C17H26BrN3. The summed E-state index contributed by atoms with van der Waals surface area (Å²) in [5.74, 6) is 0. The van der Waals surface area contributed by atoms with E-state index in [4.69, 9.17) is 0 Å². The maximum atomic E-state index is 3.73. The summed E-state index contributed by atoms with van der Waals surface area (Å²) >= 11 is 3.73. The van der Waals surface area contributed by atoms with Gasteiger partial charge in [-0.05, 0) is 57.0 Å². The lowest BCUT2D eigenvalue weighted by atomic mass is 10.1. The first-order valence-electron chi connectivity index (χ1n) is 8.06. The van der Waals surface area contributed by atoms with Crippen LogP contribution >= 0.6 is 15.9 Å². The predicted molar refractivity (Wildman–Crippen MR) is 92.9 cm³/mol. The number of nitrogens with zero attached hydrogens (tertiary/aromatic N) is 2. The third-order valence-corrected chi connectivity index (χ3v) is 5.53. The second kappa shape index (κ2) is 6.67. The Balaban J connectivity index is 1.60. The van der Waals surface area contributed by atoms with E-state index in [0.717, 1.165) is 19.1 Å². The van der Waals surface area contributed by atoms with Crippen LogP contribution in [0, 0.1) is 0 Å². The average Bonchev–Trinajstić information content (AvgIpc) is 3.21. The molecule has 2 aliphatic rings. The fourth-order valence-corrected chi connectivity index (χ4v) is 3.60. The van der Waals surface area contributed by atoms with Crippen LogP contribution in [0.4, 0.5) is 5.69 Å². The quantitative estimate of drug-likeness (QED) is 0.848. The third-order valence-electron chi connectivity index (χ3n) is 4.79. The van der Waals surface area contributed by atoms with E-state index < -0.39 is 0 Å². The first-order chi connectivity index (χ1) is 10.1. The van der Waals surface area contributed by atoms with Gasteiger partial charge < -0.3 is 15.1 Å². The lowest BCUT2D eigenvalue weighted by Crippen LogP contribution is -2.36. The molecule has 4 heteroatoms. The molecule has 0 amide bonds. The van der Waals surface area contributed by atoms with E-state index in [0.29, 0.717) is 6.04 Å². The van der Waals surface area contributed by atoms with Gasteiger partial charge in [-0.15, -0.1) is 0 Å². The van der Waals surface area contributed by atoms with Crippen molar-refractivity contribution in [2.45, 2.75) is 44.3 Å². The Labute approximate surface area is 136 Å². The van der Waals surface area contributed by atoms with E-state index in [9.17, 15) is 0 Å². The standard InChI is InChI=1S/C17H26BrN3/c1-20-9-3-4-16(20)12-21(2)15-8-5-13(17(18)10-15)11-19-14-6-7-14/h5,8,10,14,16,19H,3-4,6-7,9,11-12H2,1-2H3. The second-order valence-electron chi connectivity index (χ2n) is 6.59. The number of hydrogen-bond donors (Lipinski definition) is 1. The molecule has 2 fully saturated rings. The van der Waals surface area contributed by atoms with Gasteiger partial charge in [0.2, 0.25) is 0 Å². The molecule has 1 saturated heterocycles. The van der Waals surface area contributed by atoms with Gasteiger partial charge in [-0.2, -0.15) is 0 Å². The zero-order chi connectivity index (χ0) is 14.8. The SMILES string of the molecule is CN(CC1CCCN1C)c1ccc(CNC2CC2)c(Br)c1. The van der Waals surface area contributed by atoms with Gasteiger partial charge in [0.05, 0.1) is 0 Å². The monoisotopic (exact) mass is 351 g/mol. The van der Waals surface area contributed by atoms with Crippen molar-refractivity contribution in [1.82, 2.24) is 10.2 Å². The van der Waals surface area contributed by atoms with Crippen LogP contribution in [0.25, 0.3) is 0 Å². The van der Waals surface area contributed by atoms with Gasteiger partial charge in [0.15, 0.2) is 0 Å². The van der Waals surface area contributed by atoms with Gasteiger partial charge >= 0.3 is 0 Å². The van der Waals surface area contributed by atoms with E-state index >= 15 is 0 Å². The Kier molecular flexibility index (Phi) is 4.87. The largest absolute Gasteiger partial charge is 0.373 e. The molecule has 0 spiro atoms. The minimum atomic E-state index is 0.699. The highest BCUT2D eigenvalue weighted by molar-refractivity contribution is 9.10. The van der Waals surface area contributed by atoms with E-state index in [1.54, 1.807) is 0 Å². The Hall–Kier alpha value is -0.580. The lowest BCUT2D eigenvalue weighted by Gasteiger charge is -2.27. The normalized spacial score (nSPS) is 22.7. The van der Waals surface area contributed by atoms with Crippen molar-refractivity contribution in [3.8, 4) is 0 Å². The van der Waals surface area contributed by atoms with Gasteiger partial charge in [-0.1, -0.05) is 22.0 Å². The number of rotatable bonds is 6. The van der Waals surface area contributed by atoms with Gasteiger partial charge in [-0.25, -0.2) is 0 Å². The number of hydrogen-bond acceptors (Lipinski definition) is 3. The van der Waals surface area contributed by atoms with Crippen LogP contribution in [-0.4, -0.2) is 44.2 Å². The summed E-state index contributed by atoms with van der Waals surface area (Å²) in [4.78, 5) is 4.87. The summed E-state index contributed by atoms with van der Waals surface area (Å²) in [6.07, 6.45) is 5.34. The highest BCUT2D eigenvalue weighted by Crippen LogP contribution is 2.26. The van der Waals surface area contributed by atoms with E-state index in [1.165, 1.54) is 48.0 Å². The minimum absolute atomic E-state index is 0.699. The van der Waals surface area contributed by atoms with Crippen LogP contribution in [0.3, 0.4) is 0 Å². The summed E-state index contributed by atoms with van der Waals surface area (Å²) in [5.41, 5.74) is 2.66. The first kappa shape index (κ1) is 15.3. The van der Waals surface area contributed by atoms with Crippen molar-refractivity contribution in [3.63, 3.8) is 0 Å². The molecule has 1 heterocycles. The molecule has 116 valence electrons. The summed E-state index contributed by atoms with van der Waals surface area (Å²) in [5, 5.41) is 3.58. The Morgan fingerprint density at radius 2 is 2.14 bits per heavy atom. The van der Waals surface area contributed by atoms with Crippen molar-refractivity contribution < 1.29 is 0 Å². The van der Waals surface area contributed by atoms with Crippen LogP contribution in [0.2, 0.25) is 0 Å². The topological polar surface area (TPSA) is 18.5 Å². The molecule has 0 radical (unpaired) electrons. The van der Waals surface area contributed by atoms with E-state index in [-0.39, 0.29) is 0 Å². The molecule has 1 N–H and O–H groups in total. The number of likely N-dealkylation sites (N-methyl/N-ethyl adjacent to an activating group) is 2. The highest BCUT2D eigenvalue weighted by Gasteiger charge is 2.23. The summed E-state index contributed by atoms with van der Waals surface area (Å²) < 4.78 is 1.22. The highest BCUT2D eigenvalue weighted by atomic mass is 79.9. The summed E-state index contributed by atoms with van der Waals surface area (Å²) in [7, 11) is 4.45. The molecule has 3 rings (SSSR count). The average molecular weight is 352 g/mol. The zero-order valence-corrected chi connectivity index (χ0v) is 14.7. The summed E-state index contributed by atoms with van der Waals surface area (Å²) in [6, 6.07) is 8.23. The lowest BCUT2D eigenvalue weighted by molar-refractivity contribution is 0.314. The fourth-order valence-electron chi connectivity index (χ4n) is 3.09. The molecule has 1 aromatic rings. The van der Waals surface area contributed by atoms with Crippen LogP contribution in [0.15, 0.2) is 22.7 Å². The third kappa shape index (κ3) is 3.99. The number of anilines is 1. The number of halogens is 1. The zero-order valence-electron chi connectivity index (χ0n) is 13.1. The van der Waals surface area contributed by atoms with Gasteiger partial charge in [0.25, 0.3) is 0 Å². The van der Waals surface area contributed by atoms with Crippen LogP contribution in [0.5, 0.6) is 0 Å². The smallest absolute Gasteiger partial charge is 0.0375 e. The Bertz CT molecular complexity index is 487. The van der Waals surface area contributed by atoms with Crippen LogP contribution in [-0.2, 0) is 6.54 Å². The first-order valence-corrected chi connectivity index (χ1v) is 8.86. The molecular weight excluding hydrogens is 326 g/mol. The van der Waals surface area contributed by atoms with Gasteiger partial charge in [0, 0.05) is 42.4 Å². The van der Waals surface area contributed by atoms with Crippen molar-refractivity contribution in [2.75, 3.05) is 32.1 Å². The Morgan fingerprint density at radius 3 is 2.76 bits per heavy atom.